The van der Waals surface area contributed by atoms with E-state index < -0.39 is 0 Å². The van der Waals surface area contributed by atoms with Crippen molar-refractivity contribution in [1.82, 2.24) is 0 Å². The van der Waals surface area contributed by atoms with Crippen molar-refractivity contribution < 1.29 is 15.1 Å². The van der Waals surface area contributed by atoms with Crippen LogP contribution in [0.3, 0.4) is 0 Å². The molecule has 0 aromatic heterocycles. The zero-order valence-corrected chi connectivity index (χ0v) is 7.48. The number of hydrogen-bond donors (Lipinski definition) is 2. The maximum absolute atomic E-state index is 9.45. The summed E-state index contributed by atoms with van der Waals surface area (Å²) in [5.74, 6) is 0.599. The molecule has 0 aliphatic rings. The van der Waals surface area contributed by atoms with Crippen molar-refractivity contribution in [2.75, 3.05) is 7.11 Å². The molecule has 0 spiro atoms. The van der Waals surface area contributed by atoms with Crippen LogP contribution in [0.2, 0.25) is 0 Å². The Kier molecular flexibility index (Phi) is 2.74. The first-order valence-electron chi connectivity index (χ1n) is 3.75. The summed E-state index contributed by atoms with van der Waals surface area (Å²) in [6, 6.07) is 4.77. The lowest BCUT2D eigenvalue weighted by molar-refractivity contribution is 0.318. The molecular weight excluding hydrogens is 170 g/mol. The van der Waals surface area contributed by atoms with E-state index in [9.17, 15) is 5.11 Å². The van der Waals surface area contributed by atoms with E-state index in [0.717, 1.165) is 0 Å². The Hall–Kier alpha value is -1.71. The van der Waals surface area contributed by atoms with E-state index in [0.29, 0.717) is 17.0 Å². The third-order valence-electron chi connectivity index (χ3n) is 1.74. The number of phenolic OH excluding ortho intramolecular Hbond substituents is 1. The standard InChI is InChI=1S/C9H11NO3/c1-6(10-12)8-4-3-7(13-2)5-9(8)11/h3-5,11-12H,1-2H3/b10-6+. The van der Waals surface area contributed by atoms with E-state index in [-0.39, 0.29) is 5.75 Å². The van der Waals surface area contributed by atoms with Gasteiger partial charge in [0.25, 0.3) is 0 Å². The number of aromatic hydroxyl groups is 1. The monoisotopic (exact) mass is 181 g/mol. The van der Waals surface area contributed by atoms with Crippen LogP contribution in [0.1, 0.15) is 12.5 Å². The topological polar surface area (TPSA) is 62.0 Å². The van der Waals surface area contributed by atoms with Crippen molar-refractivity contribution in [3.05, 3.63) is 23.8 Å². The van der Waals surface area contributed by atoms with E-state index in [1.807, 2.05) is 0 Å². The first-order chi connectivity index (χ1) is 6.19. The van der Waals surface area contributed by atoms with Crippen LogP contribution in [-0.4, -0.2) is 23.1 Å². The van der Waals surface area contributed by atoms with Crippen LogP contribution in [0.4, 0.5) is 0 Å². The molecule has 1 rings (SSSR count). The van der Waals surface area contributed by atoms with Crippen LogP contribution in [0.15, 0.2) is 23.4 Å². The van der Waals surface area contributed by atoms with Gasteiger partial charge in [0, 0.05) is 11.6 Å². The highest BCUT2D eigenvalue weighted by atomic mass is 16.5. The van der Waals surface area contributed by atoms with E-state index in [2.05, 4.69) is 5.16 Å². The van der Waals surface area contributed by atoms with Crippen LogP contribution in [-0.2, 0) is 0 Å². The second kappa shape index (κ2) is 3.80. The van der Waals surface area contributed by atoms with E-state index in [1.54, 1.807) is 19.1 Å². The van der Waals surface area contributed by atoms with Gasteiger partial charge in [-0.15, -0.1) is 0 Å². The molecule has 0 aliphatic carbocycles. The fourth-order valence-electron chi connectivity index (χ4n) is 0.998. The van der Waals surface area contributed by atoms with E-state index in [1.165, 1.54) is 13.2 Å². The molecule has 0 aliphatic heterocycles. The van der Waals surface area contributed by atoms with Crippen LogP contribution in [0.25, 0.3) is 0 Å². The zero-order valence-electron chi connectivity index (χ0n) is 7.48. The Bertz CT molecular complexity index is 334. The summed E-state index contributed by atoms with van der Waals surface area (Å²) in [6.07, 6.45) is 0. The lowest BCUT2D eigenvalue weighted by atomic mass is 10.1. The van der Waals surface area contributed by atoms with Crippen molar-refractivity contribution in [3.8, 4) is 11.5 Å². The molecule has 0 radical (unpaired) electrons. The summed E-state index contributed by atoms with van der Waals surface area (Å²) in [4.78, 5) is 0. The number of rotatable bonds is 2. The van der Waals surface area contributed by atoms with Gasteiger partial charge in [-0.05, 0) is 19.1 Å². The van der Waals surface area contributed by atoms with E-state index in [4.69, 9.17) is 9.94 Å². The van der Waals surface area contributed by atoms with Crippen molar-refractivity contribution in [2.24, 2.45) is 5.16 Å². The predicted octanol–water partition coefficient (Wildman–Crippen LogP) is 1.60. The Balaban J connectivity index is 3.12. The van der Waals surface area contributed by atoms with Gasteiger partial charge in [-0.2, -0.15) is 0 Å². The lowest BCUT2D eigenvalue weighted by Gasteiger charge is -2.04. The molecule has 0 unspecified atom stereocenters. The molecule has 0 fully saturated rings. The molecular formula is C9H11NO3. The van der Waals surface area contributed by atoms with Crippen molar-refractivity contribution in [1.29, 1.82) is 0 Å². The Labute approximate surface area is 76.1 Å². The number of ether oxygens (including phenoxy) is 1. The minimum Gasteiger partial charge on any atom is -0.507 e. The third-order valence-corrected chi connectivity index (χ3v) is 1.74. The van der Waals surface area contributed by atoms with E-state index >= 15 is 0 Å². The smallest absolute Gasteiger partial charge is 0.128 e. The van der Waals surface area contributed by atoms with Crippen molar-refractivity contribution >= 4 is 5.71 Å². The first kappa shape index (κ1) is 9.38. The van der Waals surface area contributed by atoms with Gasteiger partial charge in [-0.1, -0.05) is 5.16 Å². The molecule has 2 N–H and O–H groups in total. The second-order valence-corrected chi connectivity index (χ2v) is 2.57. The lowest BCUT2D eigenvalue weighted by Crippen LogP contribution is -1.95. The number of oxime groups is 1. The molecule has 0 heterocycles. The summed E-state index contributed by atoms with van der Waals surface area (Å²) in [5.41, 5.74) is 0.850. The fraction of sp³-hybridized carbons (Fsp3) is 0.222. The Morgan fingerprint density at radius 1 is 1.46 bits per heavy atom. The van der Waals surface area contributed by atoms with Gasteiger partial charge < -0.3 is 15.1 Å². The minimum absolute atomic E-state index is 0.0367. The van der Waals surface area contributed by atoms with Crippen LogP contribution in [0.5, 0.6) is 11.5 Å². The second-order valence-electron chi connectivity index (χ2n) is 2.57. The van der Waals surface area contributed by atoms with Gasteiger partial charge in [0.15, 0.2) is 0 Å². The fourth-order valence-corrected chi connectivity index (χ4v) is 0.998. The number of nitrogens with zero attached hydrogens (tertiary/aromatic N) is 1. The molecule has 1 aromatic carbocycles. The number of hydrogen-bond acceptors (Lipinski definition) is 4. The highest BCUT2D eigenvalue weighted by Crippen LogP contribution is 2.23. The molecule has 13 heavy (non-hydrogen) atoms. The van der Waals surface area contributed by atoms with Gasteiger partial charge in [0.2, 0.25) is 0 Å². The zero-order chi connectivity index (χ0) is 9.84. The number of benzene rings is 1. The third kappa shape index (κ3) is 1.90. The summed E-state index contributed by atoms with van der Waals surface area (Å²) >= 11 is 0. The predicted molar refractivity (Wildman–Crippen MR) is 48.7 cm³/mol. The molecule has 0 saturated heterocycles. The average Bonchev–Trinajstić information content (AvgIpc) is 2.16. The Morgan fingerprint density at radius 3 is 2.62 bits per heavy atom. The maximum atomic E-state index is 9.45. The normalized spacial score (nSPS) is 11.4. The quantitative estimate of drug-likeness (QED) is 0.414. The molecule has 0 saturated carbocycles. The molecule has 1 aromatic rings. The number of phenols is 1. The summed E-state index contributed by atoms with van der Waals surface area (Å²) in [5, 5.41) is 20.9. The van der Waals surface area contributed by atoms with Crippen molar-refractivity contribution in [3.63, 3.8) is 0 Å². The first-order valence-corrected chi connectivity index (χ1v) is 3.75. The van der Waals surface area contributed by atoms with Gasteiger partial charge in [0.1, 0.15) is 11.5 Å². The largest absolute Gasteiger partial charge is 0.507 e. The summed E-state index contributed by atoms with van der Waals surface area (Å²) in [7, 11) is 1.52. The maximum Gasteiger partial charge on any atom is 0.128 e. The molecule has 4 nitrogen and oxygen atoms in total. The van der Waals surface area contributed by atoms with Crippen LogP contribution >= 0.6 is 0 Å². The molecule has 4 heteroatoms. The van der Waals surface area contributed by atoms with Gasteiger partial charge in [-0.3, -0.25) is 0 Å². The molecule has 0 bridgehead atoms. The average molecular weight is 181 g/mol. The SMILES string of the molecule is COc1ccc(/C(C)=N/O)c(O)c1. The van der Waals surface area contributed by atoms with Crippen LogP contribution < -0.4 is 4.74 Å². The van der Waals surface area contributed by atoms with Gasteiger partial charge in [-0.25, -0.2) is 0 Å². The molecule has 0 atom stereocenters. The highest BCUT2D eigenvalue weighted by Gasteiger charge is 2.05. The minimum atomic E-state index is 0.0367. The number of methoxy groups -OCH3 is 1. The van der Waals surface area contributed by atoms with Gasteiger partial charge >= 0.3 is 0 Å². The Morgan fingerprint density at radius 2 is 2.15 bits per heavy atom. The molecule has 0 amide bonds. The molecule has 70 valence electrons. The van der Waals surface area contributed by atoms with Crippen molar-refractivity contribution in [2.45, 2.75) is 6.92 Å². The summed E-state index contributed by atoms with van der Waals surface area (Å²) in [6.45, 7) is 1.60. The highest BCUT2D eigenvalue weighted by molar-refractivity contribution is 6.00. The summed E-state index contributed by atoms with van der Waals surface area (Å²) < 4.78 is 4.90. The van der Waals surface area contributed by atoms with Gasteiger partial charge in [0.05, 0.1) is 12.8 Å². The van der Waals surface area contributed by atoms with Crippen LogP contribution in [0, 0.1) is 0 Å².